The molecule has 0 rings (SSSR count). The Morgan fingerprint density at radius 2 is 2.21 bits per heavy atom. The van der Waals surface area contributed by atoms with E-state index in [0.29, 0.717) is 12.4 Å². The lowest BCUT2D eigenvalue weighted by Crippen LogP contribution is -2.05. The molecule has 4 nitrogen and oxygen atoms in total. The van der Waals surface area contributed by atoms with Gasteiger partial charge < -0.3 is 10.8 Å². The van der Waals surface area contributed by atoms with Gasteiger partial charge in [0.05, 0.1) is 11.7 Å². The molecule has 0 spiro atoms. The molecule has 14 heavy (non-hydrogen) atoms. The summed E-state index contributed by atoms with van der Waals surface area (Å²) in [5.41, 5.74) is 5.25. The number of aliphatic imine (C=N–C) groups is 1. The van der Waals surface area contributed by atoms with Crippen LogP contribution in [0, 0.1) is 0 Å². The van der Waals surface area contributed by atoms with Gasteiger partial charge in [0.15, 0.2) is 0 Å². The molecule has 0 aromatic rings. The maximum atomic E-state index is 12.9. The summed E-state index contributed by atoms with van der Waals surface area (Å²) >= 11 is 0. The third-order valence-electron chi connectivity index (χ3n) is 1.44. The van der Waals surface area contributed by atoms with Gasteiger partial charge in [0.1, 0.15) is 0 Å². The number of hydrogen-bond acceptors (Lipinski definition) is 2. The van der Waals surface area contributed by atoms with Crippen molar-refractivity contribution in [2.45, 2.75) is 26.2 Å². The fourth-order valence-electron chi connectivity index (χ4n) is 0.793. The second-order valence-corrected chi connectivity index (χ2v) is 2.86. The van der Waals surface area contributed by atoms with Crippen LogP contribution in [0.1, 0.15) is 26.2 Å². The van der Waals surface area contributed by atoms with Crippen molar-refractivity contribution in [1.82, 2.24) is 0 Å². The Balaban J connectivity index is 3.67. The Morgan fingerprint density at radius 1 is 1.57 bits per heavy atom. The maximum Gasteiger partial charge on any atom is 0.303 e. The van der Waals surface area contributed by atoms with Gasteiger partial charge in [0, 0.05) is 19.4 Å². The van der Waals surface area contributed by atoms with E-state index in [2.05, 4.69) is 4.99 Å². The first-order valence-electron chi connectivity index (χ1n) is 4.35. The summed E-state index contributed by atoms with van der Waals surface area (Å²) in [6.45, 7) is 1.93. The van der Waals surface area contributed by atoms with E-state index in [1.54, 1.807) is 6.92 Å². The third kappa shape index (κ3) is 8.70. The monoisotopic (exact) mass is 202 g/mol. The largest absolute Gasteiger partial charge is 0.481 e. The summed E-state index contributed by atoms with van der Waals surface area (Å²) in [4.78, 5) is 13.9. The van der Waals surface area contributed by atoms with Gasteiger partial charge in [0.25, 0.3) is 0 Å². The number of allylic oxidation sites excluding steroid dienone is 1. The van der Waals surface area contributed by atoms with E-state index in [4.69, 9.17) is 10.8 Å². The molecule has 0 heterocycles. The smallest absolute Gasteiger partial charge is 0.303 e. The van der Waals surface area contributed by atoms with Gasteiger partial charge in [-0.3, -0.25) is 9.79 Å². The highest BCUT2D eigenvalue weighted by atomic mass is 19.1. The Kier molecular flexibility index (Phi) is 6.36. The molecule has 0 aliphatic carbocycles. The van der Waals surface area contributed by atoms with Gasteiger partial charge in [-0.2, -0.15) is 0 Å². The second-order valence-electron chi connectivity index (χ2n) is 2.86. The van der Waals surface area contributed by atoms with Crippen molar-refractivity contribution in [2.75, 3.05) is 6.54 Å². The van der Waals surface area contributed by atoms with Crippen LogP contribution in [0.15, 0.2) is 16.9 Å². The van der Waals surface area contributed by atoms with Gasteiger partial charge in [-0.05, 0) is 13.3 Å². The number of carboxylic acids is 1. The molecule has 5 heteroatoms. The minimum Gasteiger partial charge on any atom is -0.481 e. The van der Waals surface area contributed by atoms with Gasteiger partial charge in [-0.25, -0.2) is 4.39 Å². The van der Waals surface area contributed by atoms with Crippen LogP contribution in [0.2, 0.25) is 0 Å². The predicted octanol–water partition coefficient (Wildman–Crippen LogP) is 1.47. The van der Waals surface area contributed by atoms with Crippen molar-refractivity contribution in [3.8, 4) is 0 Å². The molecule has 0 aromatic carbocycles. The molecule has 0 aliphatic rings. The summed E-state index contributed by atoms with van der Waals surface area (Å²) in [6, 6.07) is 0. The van der Waals surface area contributed by atoms with E-state index < -0.39 is 5.97 Å². The molecule has 80 valence electrons. The third-order valence-corrected chi connectivity index (χ3v) is 1.44. The van der Waals surface area contributed by atoms with Crippen LogP contribution in [0.25, 0.3) is 0 Å². The van der Waals surface area contributed by atoms with Gasteiger partial charge in [0.2, 0.25) is 0 Å². The van der Waals surface area contributed by atoms with Crippen LogP contribution < -0.4 is 5.73 Å². The first kappa shape index (κ1) is 12.6. The SMILES string of the molecule is CC(N)=NCC/C(F)=C\CCC(=O)O. The Hall–Kier alpha value is -1.39. The number of hydrogen-bond donors (Lipinski definition) is 2. The molecule has 0 radical (unpaired) electrons. The van der Waals surface area contributed by atoms with Crippen molar-refractivity contribution in [3.63, 3.8) is 0 Å². The summed E-state index contributed by atoms with van der Waals surface area (Å²) in [7, 11) is 0. The molecule has 0 aromatic heterocycles. The Bertz CT molecular complexity index is 245. The number of nitrogens with zero attached hydrogens (tertiary/aromatic N) is 1. The van der Waals surface area contributed by atoms with Crippen molar-refractivity contribution in [3.05, 3.63) is 11.9 Å². The number of carboxylic acid groups (broad SMARTS) is 1. The topological polar surface area (TPSA) is 75.7 Å². The van der Waals surface area contributed by atoms with E-state index in [9.17, 15) is 9.18 Å². The Labute approximate surface area is 82.3 Å². The summed E-state index contributed by atoms with van der Waals surface area (Å²) < 4.78 is 12.9. The molecule has 0 bridgehead atoms. The first-order chi connectivity index (χ1) is 6.52. The number of halogens is 1. The molecule has 0 saturated heterocycles. The van der Waals surface area contributed by atoms with Gasteiger partial charge >= 0.3 is 5.97 Å². The zero-order valence-electron chi connectivity index (χ0n) is 8.16. The van der Waals surface area contributed by atoms with E-state index in [0.717, 1.165) is 0 Å². The quantitative estimate of drug-likeness (QED) is 0.506. The van der Waals surface area contributed by atoms with Crippen molar-refractivity contribution in [1.29, 1.82) is 0 Å². The average Bonchev–Trinajstić information content (AvgIpc) is 2.02. The molecular weight excluding hydrogens is 187 g/mol. The number of rotatable bonds is 6. The van der Waals surface area contributed by atoms with Crippen LogP contribution in [0.5, 0.6) is 0 Å². The van der Waals surface area contributed by atoms with E-state index in [1.807, 2.05) is 0 Å². The highest BCUT2D eigenvalue weighted by Crippen LogP contribution is 2.05. The highest BCUT2D eigenvalue weighted by molar-refractivity contribution is 5.77. The van der Waals surface area contributed by atoms with E-state index in [1.165, 1.54) is 6.08 Å². The van der Waals surface area contributed by atoms with E-state index in [-0.39, 0.29) is 25.1 Å². The minimum atomic E-state index is -0.926. The van der Waals surface area contributed by atoms with Crippen molar-refractivity contribution >= 4 is 11.8 Å². The van der Waals surface area contributed by atoms with E-state index >= 15 is 0 Å². The average molecular weight is 202 g/mol. The van der Waals surface area contributed by atoms with Crippen LogP contribution in [0.3, 0.4) is 0 Å². The summed E-state index contributed by atoms with van der Waals surface area (Å²) in [5, 5.41) is 8.29. The fraction of sp³-hybridized carbons (Fsp3) is 0.556. The zero-order chi connectivity index (χ0) is 11.0. The molecule has 0 unspecified atom stereocenters. The lowest BCUT2D eigenvalue weighted by atomic mass is 10.2. The number of amidine groups is 1. The minimum absolute atomic E-state index is 0.0490. The number of carbonyl (C=O) groups is 1. The standard InChI is InChI=1S/C9H15FN2O2/c1-7(11)12-6-5-8(10)3-2-4-9(13)14/h3H,2,4-6H2,1H3,(H2,11,12)(H,13,14)/b8-3+. The second kappa shape index (κ2) is 7.06. The molecular formula is C9H15FN2O2. The highest BCUT2D eigenvalue weighted by Gasteiger charge is 1.97. The molecule has 0 amide bonds. The molecule has 0 fully saturated rings. The summed E-state index contributed by atoms with van der Waals surface area (Å²) in [5.74, 6) is -0.843. The van der Waals surface area contributed by atoms with Gasteiger partial charge in [-0.15, -0.1) is 0 Å². The lowest BCUT2D eigenvalue weighted by Gasteiger charge is -1.94. The van der Waals surface area contributed by atoms with Crippen LogP contribution in [-0.2, 0) is 4.79 Å². The molecule has 0 aliphatic heterocycles. The number of nitrogens with two attached hydrogens (primary N) is 1. The van der Waals surface area contributed by atoms with Crippen LogP contribution in [-0.4, -0.2) is 23.5 Å². The molecule has 3 N–H and O–H groups in total. The predicted molar refractivity (Wildman–Crippen MR) is 52.8 cm³/mol. The normalized spacial score (nSPS) is 13.0. The zero-order valence-corrected chi connectivity index (χ0v) is 8.16. The number of aliphatic carboxylic acids is 1. The lowest BCUT2D eigenvalue weighted by molar-refractivity contribution is -0.136. The Morgan fingerprint density at radius 3 is 2.71 bits per heavy atom. The fourth-order valence-corrected chi connectivity index (χ4v) is 0.793. The van der Waals surface area contributed by atoms with Crippen molar-refractivity contribution in [2.24, 2.45) is 10.7 Å². The summed E-state index contributed by atoms with van der Waals surface area (Å²) in [6.07, 6.45) is 1.61. The van der Waals surface area contributed by atoms with Crippen molar-refractivity contribution < 1.29 is 14.3 Å². The van der Waals surface area contributed by atoms with Crippen LogP contribution >= 0.6 is 0 Å². The first-order valence-corrected chi connectivity index (χ1v) is 4.35. The molecule has 0 atom stereocenters. The van der Waals surface area contributed by atoms with Crippen LogP contribution in [0.4, 0.5) is 4.39 Å². The van der Waals surface area contributed by atoms with Gasteiger partial charge in [-0.1, -0.05) is 6.08 Å². The molecule has 0 saturated carbocycles. The maximum absolute atomic E-state index is 12.9.